The first-order chi connectivity index (χ1) is 18.8. The number of halogens is 2. The predicted molar refractivity (Wildman–Crippen MR) is 151 cm³/mol. The number of carbonyl (C=O) groups excluding carboxylic acids is 3. The lowest BCUT2D eigenvalue weighted by Crippen LogP contribution is -2.47. The Kier molecular flexibility index (Phi) is 7.44. The fourth-order valence-corrected chi connectivity index (χ4v) is 4.54. The Morgan fingerprint density at radius 1 is 1.03 bits per heavy atom. The van der Waals surface area contributed by atoms with Gasteiger partial charge in [0.1, 0.15) is 10.3 Å². The van der Waals surface area contributed by atoms with E-state index in [-0.39, 0.29) is 26.8 Å². The molecule has 0 bridgehead atoms. The third-order valence-corrected chi connectivity index (χ3v) is 6.93. The molecular weight excluding hydrogens is 588 g/mol. The zero-order chi connectivity index (χ0) is 27.5. The number of benzene rings is 3. The number of H-pyrrole nitrogens is 1. The van der Waals surface area contributed by atoms with Crippen LogP contribution in [0.15, 0.2) is 88.3 Å². The Morgan fingerprint density at radius 2 is 1.72 bits per heavy atom. The van der Waals surface area contributed by atoms with Crippen LogP contribution in [0.1, 0.15) is 21.5 Å². The van der Waals surface area contributed by atoms with Gasteiger partial charge in [-0.3, -0.25) is 20.0 Å². The van der Waals surface area contributed by atoms with Gasteiger partial charge in [0.25, 0.3) is 17.7 Å². The smallest absolute Gasteiger partial charge is 0.388 e. The van der Waals surface area contributed by atoms with Crippen molar-refractivity contribution < 1.29 is 19.1 Å². The number of aliphatic imine (C=N–C) groups is 1. The minimum atomic E-state index is -1.28. The van der Waals surface area contributed by atoms with Crippen molar-refractivity contribution in [3.63, 3.8) is 0 Å². The molecule has 196 valence electrons. The van der Waals surface area contributed by atoms with Crippen LogP contribution in [-0.4, -0.2) is 47.0 Å². The van der Waals surface area contributed by atoms with E-state index in [9.17, 15) is 14.4 Å². The third kappa shape index (κ3) is 5.40. The summed E-state index contributed by atoms with van der Waals surface area (Å²) in [5.74, 6) is -0.964. The van der Waals surface area contributed by atoms with Crippen molar-refractivity contribution in [1.82, 2.24) is 15.5 Å². The summed E-state index contributed by atoms with van der Waals surface area (Å²) in [6.45, 7) is 0. The third-order valence-electron chi connectivity index (χ3n) is 5.87. The van der Waals surface area contributed by atoms with Crippen molar-refractivity contribution in [3.8, 4) is 5.88 Å². The van der Waals surface area contributed by atoms with Gasteiger partial charge in [-0.05, 0) is 34.1 Å². The highest BCUT2D eigenvalue weighted by Gasteiger charge is 2.32. The first-order valence-electron chi connectivity index (χ1n) is 11.6. The number of benzodiazepines with no additional fused rings is 1. The number of para-hydroxylation sites is 1. The zero-order valence-corrected chi connectivity index (χ0v) is 22.7. The number of aromatic nitrogens is 2. The normalized spacial score (nSPS) is 14.6. The van der Waals surface area contributed by atoms with Crippen LogP contribution in [0, 0.1) is 0 Å². The van der Waals surface area contributed by atoms with Crippen molar-refractivity contribution >= 4 is 62.7 Å². The van der Waals surface area contributed by atoms with Gasteiger partial charge in [0.15, 0.2) is 0 Å². The molecule has 0 fully saturated rings. The van der Waals surface area contributed by atoms with Crippen molar-refractivity contribution in [2.24, 2.45) is 4.99 Å². The molecule has 3 amide bonds. The Bertz CT molecular complexity index is 1610. The number of hydrogen-bond donors (Lipinski definition) is 3. The summed E-state index contributed by atoms with van der Waals surface area (Å²) in [7, 11) is 1.61. The second kappa shape index (κ2) is 11.1. The number of fused-ring (bicyclic) bond motifs is 1. The Hall–Kier alpha value is -4.48. The Balaban J connectivity index is 1.36. The fourth-order valence-electron chi connectivity index (χ4n) is 3.96. The van der Waals surface area contributed by atoms with Crippen LogP contribution < -0.4 is 20.3 Å². The highest BCUT2D eigenvalue weighted by atomic mass is 79.9. The highest BCUT2D eigenvalue weighted by Crippen LogP contribution is 2.31. The van der Waals surface area contributed by atoms with Gasteiger partial charge in [0.05, 0.1) is 22.0 Å². The molecule has 4 aromatic rings. The lowest BCUT2D eigenvalue weighted by atomic mass is 10.0. The Labute approximate surface area is 236 Å². The molecule has 0 radical (unpaired) electrons. The first-order valence-corrected chi connectivity index (χ1v) is 12.8. The number of rotatable bonds is 5. The van der Waals surface area contributed by atoms with Crippen LogP contribution in [0.2, 0.25) is 5.02 Å². The van der Waals surface area contributed by atoms with Gasteiger partial charge in [-0.25, -0.2) is 9.79 Å². The molecule has 0 aliphatic carbocycles. The molecule has 0 unspecified atom stereocenters. The number of ether oxygens (including phenoxy) is 1. The quantitative estimate of drug-likeness (QED) is 0.294. The van der Waals surface area contributed by atoms with Crippen molar-refractivity contribution in [1.29, 1.82) is 0 Å². The van der Waals surface area contributed by atoms with Crippen LogP contribution in [0.4, 0.5) is 16.3 Å². The van der Waals surface area contributed by atoms with E-state index >= 15 is 0 Å². The molecule has 12 heteroatoms. The van der Waals surface area contributed by atoms with Crippen LogP contribution >= 0.6 is 27.5 Å². The van der Waals surface area contributed by atoms with Gasteiger partial charge in [0, 0.05) is 18.2 Å². The Morgan fingerprint density at radius 3 is 2.49 bits per heavy atom. The van der Waals surface area contributed by atoms with Crippen molar-refractivity contribution in [2.75, 3.05) is 17.3 Å². The van der Waals surface area contributed by atoms with E-state index in [1.807, 2.05) is 54.6 Å². The van der Waals surface area contributed by atoms with E-state index in [1.54, 1.807) is 31.3 Å². The van der Waals surface area contributed by atoms with Crippen LogP contribution in [0.5, 0.6) is 5.88 Å². The number of nitrogens with zero attached hydrogens (tertiary/aromatic N) is 3. The maximum absolute atomic E-state index is 13.3. The van der Waals surface area contributed by atoms with Gasteiger partial charge in [0.2, 0.25) is 6.17 Å². The van der Waals surface area contributed by atoms with Crippen LogP contribution in [0.3, 0.4) is 0 Å². The van der Waals surface area contributed by atoms with Crippen LogP contribution in [-0.2, 0) is 4.79 Å². The number of likely N-dealkylation sites (N-methyl/N-ethyl adjacent to an activating group) is 1. The highest BCUT2D eigenvalue weighted by molar-refractivity contribution is 9.10. The van der Waals surface area contributed by atoms with E-state index in [1.165, 1.54) is 4.90 Å². The summed E-state index contributed by atoms with van der Waals surface area (Å²) in [4.78, 5) is 44.8. The van der Waals surface area contributed by atoms with Gasteiger partial charge < -0.3 is 15.0 Å². The number of anilines is 2. The van der Waals surface area contributed by atoms with Gasteiger partial charge >= 0.3 is 6.09 Å². The van der Waals surface area contributed by atoms with Gasteiger partial charge in [-0.1, -0.05) is 72.3 Å². The molecule has 1 atom stereocenters. The molecule has 2 heterocycles. The second-order valence-electron chi connectivity index (χ2n) is 8.35. The topological polar surface area (TPSA) is 129 Å². The first kappa shape index (κ1) is 26.1. The summed E-state index contributed by atoms with van der Waals surface area (Å²) >= 11 is 9.36. The lowest BCUT2D eigenvalue weighted by molar-refractivity contribution is -0.119. The molecule has 0 saturated heterocycles. The molecule has 1 aliphatic heterocycles. The average Bonchev–Trinajstić information content (AvgIpc) is 3.23. The molecular formula is C27H20BrClN6O4. The van der Waals surface area contributed by atoms with Gasteiger partial charge in [-0.2, -0.15) is 0 Å². The van der Waals surface area contributed by atoms with E-state index < -0.39 is 24.1 Å². The minimum absolute atomic E-state index is 0.146. The number of aromatic amines is 1. The zero-order valence-electron chi connectivity index (χ0n) is 20.3. The van der Waals surface area contributed by atoms with Crippen molar-refractivity contribution in [3.05, 3.63) is 105 Å². The maximum atomic E-state index is 13.3. The molecule has 1 aromatic heterocycles. The molecule has 0 spiro atoms. The molecule has 10 nitrogen and oxygen atoms in total. The predicted octanol–water partition coefficient (Wildman–Crippen LogP) is 5.01. The molecule has 39 heavy (non-hydrogen) atoms. The second-order valence-corrected chi connectivity index (χ2v) is 9.55. The monoisotopic (exact) mass is 606 g/mol. The summed E-state index contributed by atoms with van der Waals surface area (Å²) < 4.78 is 5.51. The SMILES string of the molecule is CN1C(=O)[C@H](NC(=O)Oc2n[nH]c(NC(=O)c3ccccc3Cl)c2Br)N=C(c2ccccc2)c2ccccc21. The van der Waals surface area contributed by atoms with E-state index in [0.29, 0.717) is 11.4 Å². The largest absolute Gasteiger partial charge is 0.416 e. The summed E-state index contributed by atoms with van der Waals surface area (Å²) in [6.07, 6.45) is -2.25. The summed E-state index contributed by atoms with van der Waals surface area (Å²) in [5, 5.41) is 11.9. The summed E-state index contributed by atoms with van der Waals surface area (Å²) in [5.41, 5.74) is 2.97. The molecule has 3 aromatic carbocycles. The fraction of sp³-hybridized carbons (Fsp3) is 0.0741. The molecule has 1 aliphatic rings. The number of amides is 3. The number of nitrogens with one attached hydrogen (secondary N) is 3. The van der Waals surface area contributed by atoms with Gasteiger partial charge in [-0.15, -0.1) is 5.10 Å². The average molecular weight is 608 g/mol. The lowest BCUT2D eigenvalue weighted by Gasteiger charge is -2.20. The minimum Gasteiger partial charge on any atom is -0.388 e. The van der Waals surface area contributed by atoms with E-state index in [4.69, 9.17) is 16.3 Å². The standard InChI is InChI=1S/C27H20BrClN6O4/c1-35-19-14-8-6-12-17(19)21(15-9-3-2-4-10-15)30-23(26(35)37)32-27(38)39-25-20(28)22(33-34-25)31-24(36)16-11-5-7-13-18(16)29/h2-14,23H,1H3,(H,32,38)(H2,31,33,34,36)/t23-/m0/s1. The van der Waals surface area contributed by atoms with Crippen LogP contribution in [0.25, 0.3) is 0 Å². The van der Waals surface area contributed by atoms with E-state index in [0.717, 1.165) is 11.1 Å². The number of hydrogen-bond acceptors (Lipinski definition) is 6. The maximum Gasteiger partial charge on any atom is 0.416 e. The number of carbonyl (C=O) groups is 3. The van der Waals surface area contributed by atoms with E-state index in [2.05, 4.69) is 41.8 Å². The molecule has 0 saturated carbocycles. The molecule has 5 rings (SSSR count). The molecule has 3 N–H and O–H groups in total. The summed E-state index contributed by atoms with van der Waals surface area (Å²) in [6, 6.07) is 23.3. The van der Waals surface area contributed by atoms with Crippen molar-refractivity contribution in [2.45, 2.75) is 6.17 Å².